The van der Waals surface area contributed by atoms with E-state index in [1.165, 1.54) is 0 Å². The predicted molar refractivity (Wildman–Crippen MR) is 100 cm³/mol. The predicted octanol–water partition coefficient (Wildman–Crippen LogP) is 3.32. The summed E-state index contributed by atoms with van der Waals surface area (Å²) in [6.07, 6.45) is 5.18. The van der Waals surface area contributed by atoms with Crippen LogP contribution in [0.4, 0.5) is 0 Å². The number of fused-ring (bicyclic) bond motifs is 1. The van der Waals surface area contributed by atoms with Crippen LogP contribution in [-0.2, 0) is 0 Å². The molecule has 0 unspecified atom stereocenters. The van der Waals surface area contributed by atoms with Gasteiger partial charge in [0.2, 0.25) is 5.91 Å². The Morgan fingerprint density at radius 2 is 1.93 bits per heavy atom. The third-order valence-corrected chi connectivity index (χ3v) is 4.08. The zero-order valence-electron chi connectivity index (χ0n) is 14.5. The van der Waals surface area contributed by atoms with Crippen LogP contribution in [0.1, 0.15) is 10.4 Å². The maximum atomic E-state index is 11.5. The lowest BCUT2D eigenvalue weighted by Gasteiger charge is -2.12. The van der Waals surface area contributed by atoms with Crippen LogP contribution in [0.15, 0.2) is 67.1 Å². The van der Waals surface area contributed by atoms with Crippen molar-refractivity contribution in [2.75, 3.05) is 7.11 Å². The molecule has 0 aliphatic heterocycles. The number of nitrogens with zero attached hydrogens (tertiary/aromatic N) is 3. The second-order valence-electron chi connectivity index (χ2n) is 5.82. The van der Waals surface area contributed by atoms with Gasteiger partial charge in [0, 0.05) is 47.7 Å². The lowest BCUT2D eigenvalue weighted by Crippen LogP contribution is -2.10. The van der Waals surface area contributed by atoms with Crippen LogP contribution in [0, 0.1) is 0 Å². The number of hydrogen-bond acceptors (Lipinski definition) is 5. The minimum atomic E-state index is -0.506. The zero-order chi connectivity index (χ0) is 18.8. The number of nitrogens with two attached hydrogens (primary N) is 1. The number of methoxy groups -OCH3 is 1. The number of ether oxygens (including phenoxy) is 2. The van der Waals surface area contributed by atoms with Crippen LogP contribution in [0.25, 0.3) is 16.6 Å². The van der Waals surface area contributed by atoms with E-state index < -0.39 is 5.91 Å². The minimum absolute atomic E-state index is 0.392. The molecule has 134 valence electrons. The van der Waals surface area contributed by atoms with Crippen molar-refractivity contribution in [1.82, 2.24) is 14.8 Å². The molecule has 2 aromatic carbocycles. The maximum absolute atomic E-state index is 11.5. The third kappa shape index (κ3) is 3.30. The first-order valence-electron chi connectivity index (χ1n) is 8.19. The molecule has 0 saturated heterocycles. The molecule has 2 aromatic heterocycles. The number of pyridine rings is 1. The van der Waals surface area contributed by atoms with Gasteiger partial charge in [-0.25, -0.2) is 4.68 Å². The molecule has 2 heterocycles. The van der Waals surface area contributed by atoms with Gasteiger partial charge >= 0.3 is 0 Å². The monoisotopic (exact) mass is 360 g/mol. The summed E-state index contributed by atoms with van der Waals surface area (Å²) in [6.45, 7) is 0. The Hall–Kier alpha value is -3.87. The molecule has 7 nitrogen and oxygen atoms in total. The highest BCUT2D eigenvalue weighted by atomic mass is 16.5. The van der Waals surface area contributed by atoms with Crippen LogP contribution in [0.2, 0.25) is 0 Å². The fourth-order valence-corrected chi connectivity index (χ4v) is 2.78. The van der Waals surface area contributed by atoms with Crippen molar-refractivity contribution in [2.24, 2.45) is 5.73 Å². The van der Waals surface area contributed by atoms with Gasteiger partial charge in [0.05, 0.1) is 18.3 Å². The maximum Gasteiger partial charge on any atom is 0.248 e. The largest absolute Gasteiger partial charge is 0.497 e. The summed E-state index contributed by atoms with van der Waals surface area (Å²) in [5.74, 6) is 1.25. The Labute approximate surface area is 155 Å². The summed E-state index contributed by atoms with van der Waals surface area (Å²) in [4.78, 5) is 15.8. The fraction of sp³-hybridized carbons (Fsp3) is 0.0500. The molecule has 0 radical (unpaired) electrons. The molecule has 7 heteroatoms. The molecular weight excluding hydrogens is 344 g/mol. The summed E-state index contributed by atoms with van der Waals surface area (Å²) < 4.78 is 13.2. The second kappa shape index (κ2) is 6.80. The summed E-state index contributed by atoms with van der Waals surface area (Å²) in [5, 5.41) is 4.93. The number of benzene rings is 2. The van der Waals surface area contributed by atoms with E-state index in [0.29, 0.717) is 33.7 Å². The smallest absolute Gasteiger partial charge is 0.248 e. The molecule has 0 saturated carbocycles. The van der Waals surface area contributed by atoms with Crippen molar-refractivity contribution in [3.05, 3.63) is 72.7 Å². The minimum Gasteiger partial charge on any atom is -0.497 e. The highest BCUT2D eigenvalue weighted by Crippen LogP contribution is 2.32. The van der Waals surface area contributed by atoms with E-state index in [1.54, 1.807) is 54.5 Å². The molecule has 4 rings (SSSR count). The highest BCUT2D eigenvalue weighted by molar-refractivity contribution is 5.98. The van der Waals surface area contributed by atoms with Gasteiger partial charge in [-0.05, 0) is 30.3 Å². The quantitative estimate of drug-likeness (QED) is 0.589. The van der Waals surface area contributed by atoms with Gasteiger partial charge in [-0.15, -0.1) is 0 Å². The Bertz CT molecular complexity index is 1120. The molecule has 0 fully saturated rings. The van der Waals surface area contributed by atoms with Gasteiger partial charge in [0.1, 0.15) is 17.2 Å². The first-order chi connectivity index (χ1) is 13.1. The number of carbonyl (C=O) groups is 1. The summed E-state index contributed by atoms with van der Waals surface area (Å²) in [6, 6.07) is 14.1. The second-order valence-corrected chi connectivity index (χ2v) is 5.82. The van der Waals surface area contributed by atoms with Crippen molar-refractivity contribution >= 4 is 16.8 Å². The van der Waals surface area contributed by atoms with E-state index in [2.05, 4.69) is 10.1 Å². The van der Waals surface area contributed by atoms with Crippen LogP contribution < -0.4 is 15.2 Å². The molecule has 1 amide bonds. The van der Waals surface area contributed by atoms with E-state index >= 15 is 0 Å². The number of carbonyl (C=O) groups excluding carboxylic acids is 1. The molecule has 4 aromatic rings. The lowest BCUT2D eigenvalue weighted by atomic mass is 10.1. The van der Waals surface area contributed by atoms with Crippen molar-refractivity contribution in [3.8, 4) is 22.9 Å². The van der Waals surface area contributed by atoms with Crippen molar-refractivity contribution < 1.29 is 14.3 Å². The molecule has 2 N–H and O–H groups in total. The zero-order valence-corrected chi connectivity index (χ0v) is 14.5. The summed E-state index contributed by atoms with van der Waals surface area (Å²) in [5.41, 5.74) is 7.28. The number of amides is 1. The molecular formula is C20H16N4O3. The summed E-state index contributed by atoms with van der Waals surface area (Å²) >= 11 is 0. The first-order valence-corrected chi connectivity index (χ1v) is 8.19. The molecule has 0 aliphatic carbocycles. The van der Waals surface area contributed by atoms with E-state index in [9.17, 15) is 4.79 Å². The van der Waals surface area contributed by atoms with Crippen LogP contribution in [0.3, 0.4) is 0 Å². The first kappa shape index (κ1) is 16.6. The standard InChI is InChI=1S/C20H16N4O3/c1-26-15-10-14(24-8-2-6-23-24)11-16(12-15)27-19-5-7-22-18-4-3-13(20(21)25)9-17(18)19/h2-12H,1H3,(H2,21,25). The van der Waals surface area contributed by atoms with Gasteiger partial charge in [-0.1, -0.05) is 0 Å². The molecule has 27 heavy (non-hydrogen) atoms. The molecule has 0 bridgehead atoms. The van der Waals surface area contributed by atoms with Gasteiger partial charge < -0.3 is 15.2 Å². The van der Waals surface area contributed by atoms with Gasteiger partial charge in [-0.3, -0.25) is 9.78 Å². The number of hydrogen-bond donors (Lipinski definition) is 1. The van der Waals surface area contributed by atoms with Crippen LogP contribution >= 0.6 is 0 Å². The topological polar surface area (TPSA) is 92.3 Å². The number of aromatic nitrogens is 3. The average Bonchev–Trinajstić information content (AvgIpc) is 3.22. The van der Waals surface area contributed by atoms with E-state index in [-0.39, 0.29) is 0 Å². The number of primary amides is 1. The molecule has 0 aliphatic rings. The van der Waals surface area contributed by atoms with Crippen LogP contribution in [-0.4, -0.2) is 27.8 Å². The Balaban J connectivity index is 1.79. The van der Waals surface area contributed by atoms with E-state index in [4.69, 9.17) is 15.2 Å². The van der Waals surface area contributed by atoms with Crippen molar-refractivity contribution in [3.63, 3.8) is 0 Å². The van der Waals surface area contributed by atoms with E-state index in [1.807, 2.05) is 24.4 Å². The highest BCUT2D eigenvalue weighted by Gasteiger charge is 2.10. The summed E-state index contributed by atoms with van der Waals surface area (Å²) in [7, 11) is 1.59. The normalized spacial score (nSPS) is 10.7. The average molecular weight is 360 g/mol. The lowest BCUT2D eigenvalue weighted by molar-refractivity contribution is 0.100. The van der Waals surface area contributed by atoms with Crippen LogP contribution in [0.5, 0.6) is 17.2 Å². The Morgan fingerprint density at radius 1 is 1.07 bits per heavy atom. The Kier molecular flexibility index (Phi) is 4.18. The number of rotatable bonds is 5. The van der Waals surface area contributed by atoms with Gasteiger partial charge in [0.25, 0.3) is 0 Å². The SMILES string of the molecule is COc1cc(Oc2ccnc3ccc(C(N)=O)cc23)cc(-n2cccn2)c1. The van der Waals surface area contributed by atoms with Crippen molar-refractivity contribution in [2.45, 2.75) is 0 Å². The Morgan fingerprint density at radius 3 is 2.67 bits per heavy atom. The van der Waals surface area contributed by atoms with E-state index in [0.717, 1.165) is 5.69 Å². The molecule has 0 spiro atoms. The molecule has 0 atom stereocenters. The van der Waals surface area contributed by atoms with Crippen molar-refractivity contribution in [1.29, 1.82) is 0 Å². The third-order valence-electron chi connectivity index (χ3n) is 4.08. The van der Waals surface area contributed by atoms with Gasteiger partial charge in [-0.2, -0.15) is 5.10 Å². The fourth-order valence-electron chi connectivity index (χ4n) is 2.78. The van der Waals surface area contributed by atoms with Gasteiger partial charge in [0.15, 0.2) is 0 Å².